The van der Waals surface area contributed by atoms with Crippen LogP contribution in [0.1, 0.15) is 71.9 Å². The summed E-state index contributed by atoms with van der Waals surface area (Å²) >= 11 is 0. The number of aliphatic carboxylic acids is 1. The predicted octanol–water partition coefficient (Wildman–Crippen LogP) is 4.66. The molecule has 1 saturated heterocycles. The van der Waals surface area contributed by atoms with Crippen LogP contribution in [0.15, 0.2) is 60.7 Å². The number of carboxylic acid groups (broad SMARTS) is 1. The summed E-state index contributed by atoms with van der Waals surface area (Å²) in [6.07, 6.45) is 0.735. The van der Waals surface area contributed by atoms with Crippen LogP contribution in [0.2, 0.25) is 0 Å². The molecule has 44 heavy (non-hydrogen) atoms. The van der Waals surface area contributed by atoms with Crippen molar-refractivity contribution in [1.29, 1.82) is 0 Å². The smallest absolute Gasteiger partial charge is 0.408 e. The summed E-state index contributed by atoms with van der Waals surface area (Å²) in [4.78, 5) is 49.2. The van der Waals surface area contributed by atoms with Crippen molar-refractivity contribution in [3.8, 4) is 0 Å². The highest BCUT2D eigenvalue weighted by Crippen LogP contribution is 2.18. The van der Waals surface area contributed by atoms with Crippen LogP contribution in [0.3, 0.4) is 0 Å². The number of benzene rings is 2. The van der Waals surface area contributed by atoms with Crippen molar-refractivity contribution in [3.05, 3.63) is 71.8 Å². The van der Waals surface area contributed by atoms with Gasteiger partial charge in [-0.05, 0) is 71.9 Å². The van der Waals surface area contributed by atoms with Gasteiger partial charge in [0.05, 0.1) is 0 Å². The molecule has 2 aromatic carbocycles. The number of amides is 3. The molecule has 0 aliphatic carbocycles. The van der Waals surface area contributed by atoms with Gasteiger partial charge >= 0.3 is 18.2 Å². The second-order valence-corrected chi connectivity index (χ2v) is 12.6. The largest absolute Gasteiger partial charge is 0.480 e. The lowest BCUT2D eigenvalue weighted by molar-refractivity contribution is -0.146. The van der Waals surface area contributed by atoms with E-state index in [1.165, 1.54) is 4.90 Å². The van der Waals surface area contributed by atoms with Gasteiger partial charge in [0.15, 0.2) is 0 Å². The number of likely N-dealkylation sites (tertiary alicyclic amines) is 1. The summed E-state index contributed by atoms with van der Waals surface area (Å²) in [5.41, 5.74) is 0.476. The Bertz CT molecular complexity index is 1210. The lowest BCUT2D eigenvalue weighted by Gasteiger charge is -2.35. The van der Waals surface area contributed by atoms with E-state index in [1.807, 2.05) is 60.7 Å². The molecule has 1 unspecified atom stereocenters. The quantitative estimate of drug-likeness (QED) is 0.335. The number of hydrogen-bond acceptors (Lipinski definition) is 7. The number of alkyl carbamates (subject to hydrolysis) is 2. The molecule has 11 nitrogen and oxygen atoms in total. The summed E-state index contributed by atoms with van der Waals surface area (Å²) < 4.78 is 10.3. The van der Waals surface area contributed by atoms with Crippen LogP contribution in [-0.2, 0) is 31.9 Å². The van der Waals surface area contributed by atoms with Gasteiger partial charge in [-0.3, -0.25) is 4.79 Å². The minimum absolute atomic E-state index is 0.218. The zero-order valence-corrected chi connectivity index (χ0v) is 26.5. The van der Waals surface area contributed by atoms with Crippen molar-refractivity contribution in [1.82, 2.24) is 15.5 Å². The number of hydrogen-bond donors (Lipinski definition) is 4. The molecule has 2 aromatic rings. The Morgan fingerprint density at radius 3 is 1.61 bits per heavy atom. The van der Waals surface area contributed by atoms with Gasteiger partial charge in [-0.1, -0.05) is 60.7 Å². The number of ether oxygens (including phenoxy) is 2. The Balaban J connectivity index is 0.000000319. The maximum absolute atomic E-state index is 12.9. The van der Waals surface area contributed by atoms with E-state index in [2.05, 4.69) is 10.6 Å². The zero-order valence-electron chi connectivity index (χ0n) is 26.5. The van der Waals surface area contributed by atoms with Gasteiger partial charge in [0, 0.05) is 19.4 Å². The number of nitrogens with one attached hydrogen (secondary N) is 2. The average molecular weight is 614 g/mol. The Labute approximate surface area is 259 Å². The van der Waals surface area contributed by atoms with Gasteiger partial charge in [-0.2, -0.15) is 0 Å². The van der Waals surface area contributed by atoms with Crippen molar-refractivity contribution in [2.75, 3.05) is 6.54 Å². The van der Waals surface area contributed by atoms with Crippen molar-refractivity contribution in [3.63, 3.8) is 0 Å². The number of aliphatic hydroxyl groups excluding tert-OH is 1. The van der Waals surface area contributed by atoms with Gasteiger partial charge in [0.25, 0.3) is 0 Å². The molecule has 3 rings (SSSR count). The Morgan fingerprint density at radius 2 is 1.20 bits per heavy atom. The van der Waals surface area contributed by atoms with E-state index in [-0.39, 0.29) is 12.3 Å². The van der Waals surface area contributed by atoms with Crippen LogP contribution < -0.4 is 10.6 Å². The summed E-state index contributed by atoms with van der Waals surface area (Å²) in [7, 11) is 0. The van der Waals surface area contributed by atoms with Crippen molar-refractivity contribution in [2.24, 2.45) is 0 Å². The second kappa shape index (κ2) is 16.7. The van der Waals surface area contributed by atoms with Crippen LogP contribution in [0, 0.1) is 0 Å². The molecule has 0 aromatic heterocycles. The first-order valence-electron chi connectivity index (χ1n) is 14.8. The first-order chi connectivity index (χ1) is 20.5. The van der Waals surface area contributed by atoms with Gasteiger partial charge < -0.3 is 35.2 Å². The lowest BCUT2D eigenvalue weighted by atomic mass is 10.0. The predicted molar refractivity (Wildman–Crippen MR) is 166 cm³/mol. The maximum atomic E-state index is 12.9. The van der Waals surface area contributed by atoms with Gasteiger partial charge in [0.1, 0.15) is 29.5 Å². The second-order valence-electron chi connectivity index (χ2n) is 12.6. The van der Waals surface area contributed by atoms with E-state index < -0.39 is 47.7 Å². The first-order valence-corrected chi connectivity index (χ1v) is 14.8. The van der Waals surface area contributed by atoms with E-state index in [9.17, 15) is 24.3 Å². The monoisotopic (exact) mass is 613 g/mol. The van der Waals surface area contributed by atoms with Crippen LogP contribution in [0.5, 0.6) is 0 Å². The number of rotatable bonds is 8. The Hall–Kier alpha value is -4.12. The fraction of sp³-hybridized carbons (Fsp3) is 0.515. The number of carboxylic acids is 1. The van der Waals surface area contributed by atoms with Crippen LogP contribution in [0.25, 0.3) is 0 Å². The van der Waals surface area contributed by atoms with Gasteiger partial charge in [-0.25, -0.2) is 14.4 Å². The highest BCUT2D eigenvalue weighted by Gasteiger charge is 2.32. The van der Waals surface area contributed by atoms with E-state index in [1.54, 1.807) is 41.5 Å². The molecule has 242 valence electrons. The summed E-state index contributed by atoms with van der Waals surface area (Å²) in [5, 5.41) is 24.3. The molecule has 3 amide bonds. The van der Waals surface area contributed by atoms with E-state index in [0.717, 1.165) is 24.0 Å². The molecular weight excluding hydrogens is 566 g/mol. The molecule has 1 aliphatic heterocycles. The molecule has 1 heterocycles. The molecule has 0 spiro atoms. The van der Waals surface area contributed by atoms with Crippen LogP contribution in [-0.4, -0.2) is 75.2 Å². The van der Waals surface area contributed by atoms with Crippen molar-refractivity contribution < 1.29 is 38.9 Å². The zero-order chi connectivity index (χ0) is 32.9. The topological polar surface area (TPSA) is 154 Å². The minimum Gasteiger partial charge on any atom is -0.480 e. The highest BCUT2D eigenvalue weighted by atomic mass is 16.6. The fourth-order valence-electron chi connectivity index (χ4n) is 4.37. The summed E-state index contributed by atoms with van der Waals surface area (Å²) in [6.45, 7) is 11.0. The summed E-state index contributed by atoms with van der Waals surface area (Å²) in [5.74, 6) is -1.36. The number of piperidine rings is 1. The minimum atomic E-state index is -1.09. The van der Waals surface area contributed by atoms with Gasteiger partial charge in [-0.15, -0.1) is 0 Å². The third-order valence-corrected chi connectivity index (χ3v) is 6.30. The fourth-order valence-corrected chi connectivity index (χ4v) is 4.37. The van der Waals surface area contributed by atoms with Gasteiger partial charge in [0.2, 0.25) is 5.91 Å². The molecule has 0 radical (unpaired) electrons. The normalized spacial score (nSPS) is 16.3. The highest BCUT2D eigenvalue weighted by molar-refractivity contribution is 5.86. The molecule has 11 heteroatoms. The first kappa shape index (κ1) is 36.1. The van der Waals surface area contributed by atoms with Crippen molar-refractivity contribution in [2.45, 2.75) is 103 Å². The average Bonchev–Trinajstić information content (AvgIpc) is 2.92. The summed E-state index contributed by atoms with van der Waals surface area (Å²) in [6, 6.07) is 16.8. The molecule has 0 bridgehead atoms. The number of carbonyl (C=O) groups is 4. The van der Waals surface area contributed by atoms with E-state index >= 15 is 0 Å². The number of aliphatic hydroxyl groups is 1. The molecule has 4 N–H and O–H groups in total. The van der Waals surface area contributed by atoms with Crippen molar-refractivity contribution >= 4 is 24.1 Å². The Morgan fingerprint density at radius 1 is 0.773 bits per heavy atom. The SMILES string of the molecule is CC(C)(C)OC(=O)N[C@@H](Cc1ccccc1)C(=O)N1CCCCC1O.CC(C)(C)OC(=O)N[C@@H](Cc1ccccc1)C(=O)O. The van der Waals surface area contributed by atoms with Crippen LogP contribution >= 0.6 is 0 Å². The molecular formula is C33H47N3O8. The number of nitrogens with zero attached hydrogens (tertiary/aromatic N) is 1. The third kappa shape index (κ3) is 13.9. The van der Waals surface area contributed by atoms with E-state index in [4.69, 9.17) is 14.6 Å². The number of carbonyl (C=O) groups excluding carboxylic acids is 3. The van der Waals surface area contributed by atoms with Crippen LogP contribution in [0.4, 0.5) is 9.59 Å². The van der Waals surface area contributed by atoms with E-state index in [0.29, 0.717) is 19.4 Å². The maximum Gasteiger partial charge on any atom is 0.408 e. The molecule has 1 aliphatic rings. The molecule has 1 fully saturated rings. The standard InChI is InChI=1S/C19H28N2O4.C14H19NO4/c1-19(2,3)25-18(24)20-15(13-14-9-5-4-6-10-14)17(23)21-12-8-7-11-16(21)22;1-14(2,3)19-13(18)15-11(12(16)17)9-10-7-5-4-6-8-10/h4-6,9-10,15-16,22H,7-8,11-13H2,1-3H3,(H,20,24);4-8,11H,9H2,1-3H3,(H,15,18)(H,16,17)/t15-,16?;11-/m00/s1. The molecule has 3 atom stereocenters. The lowest BCUT2D eigenvalue weighted by Crippen LogP contribution is -2.54. The Kier molecular flexibility index (Phi) is 13.7. The molecule has 0 saturated carbocycles. The third-order valence-electron chi connectivity index (χ3n) is 6.30.